The molecule has 0 aliphatic heterocycles. The fraction of sp³-hybridized carbons (Fsp3) is 0.160. The summed E-state index contributed by atoms with van der Waals surface area (Å²) < 4.78 is 20.2. The Morgan fingerprint density at radius 3 is 2.36 bits per heavy atom. The molecule has 0 atom stereocenters. The molecule has 33 heavy (non-hydrogen) atoms. The van der Waals surface area contributed by atoms with Gasteiger partial charge in [0, 0.05) is 17.8 Å². The van der Waals surface area contributed by atoms with E-state index in [1.807, 2.05) is 60.0 Å². The molecule has 0 bridgehead atoms. The van der Waals surface area contributed by atoms with E-state index in [0.717, 1.165) is 28.1 Å². The number of carbonyl (C=O) groups is 1. The maximum atomic E-state index is 13.0. The highest BCUT2D eigenvalue weighted by molar-refractivity contribution is 7.99. The number of halogens is 1. The number of aryl methyl sites for hydroxylation is 1. The number of hydrogen-bond acceptors (Lipinski definition) is 5. The standard InChI is InChI=1S/C25H23FN4O2S/c1-17-3-11-21(12-4-17)30-24(19-7-13-22(32-2)14-8-19)28-29-25(30)33-16-23(31)27-15-18-5-9-20(26)10-6-18/h3-14H,15-16H2,1-2H3,(H,27,31). The molecule has 0 saturated heterocycles. The summed E-state index contributed by atoms with van der Waals surface area (Å²) in [4.78, 5) is 12.4. The van der Waals surface area contributed by atoms with E-state index in [9.17, 15) is 9.18 Å². The SMILES string of the molecule is COc1ccc(-c2nnc(SCC(=O)NCc3ccc(F)cc3)n2-c2ccc(C)cc2)cc1. The van der Waals surface area contributed by atoms with Crippen LogP contribution in [0.4, 0.5) is 4.39 Å². The largest absolute Gasteiger partial charge is 0.497 e. The van der Waals surface area contributed by atoms with Gasteiger partial charge in [0.25, 0.3) is 0 Å². The van der Waals surface area contributed by atoms with Gasteiger partial charge in [-0.05, 0) is 61.0 Å². The second-order valence-electron chi connectivity index (χ2n) is 7.40. The van der Waals surface area contributed by atoms with E-state index in [1.54, 1.807) is 19.2 Å². The van der Waals surface area contributed by atoms with Gasteiger partial charge in [0.2, 0.25) is 5.91 Å². The molecule has 3 aromatic carbocycles. The van der Waals surface area contributed by atoms with Crippen LogP contribution in [0.5, 0.6) is 5.75 Å². The number of nitrogens with zero attached hydrogens (tertiary/aromatic N) is 3. The Morgan fingerprint density at radius 1 is 1.00 bits per heavy atom. The van der Waals surface area contributed by atoms with Gasteiger partial charge in [0.1, 0.15) is 11.6 Å². The minimum Gasteiger partial charge on any atom is -0.497 e. The van der Waals surface area contributed by atoms with Crippen LogP contribution in [0.25, 0.3) is 17.1 Å². The number of carbonyl (C=O) groups excluding carboxylic acids is 1. The molecule has 0 aliphatic carbocycles. The number of aromatic nitrogens is 3. The summed E-state index contributed by atoms with van der Waals surface area (Å²) in [7, 11) is 1.62. The lowest BCUT2D eigenvalue weighted by molar-refractivity contribution is -0.118. The molecule has 0 fully saturated rings. The Kier molecular flexibility index (Phi) is 7.04. The van der Waals surface area contributed by atoms with Crippen LogP contribution in [-0.2, 0) is 11.3 Å². The van der Waals surface area contributed by atoms with Crippen molar-refractivity contribution < 1.29 is 13.9 Å². The monoisotopic (exact) mass is 462 g/mol. The molecule has 1 aromatic heterocycles. The summed E-state index contributed by atoms with van der Waals surface area (Å²) in [6.45, 7) is 2.36. The lowest BCUT2D eigenvalue weighted by Crippen LogP contribution is -2.24. The first kappa shape index (κ1) is 22.5. The second kappa shape index (κ2) is 10.3. The van der Waals surface area contributed by atoms with Crippen LogP contribution in [-0.4, -0.2) is 33.5 Å². The molecule has 1 heterocycles. The van der Waals surface area contributed by atoms with Gasteiger partial charge < -0.3 is 10.1 Å². The van der Waals surface area contributed by atoms with E-state index in [1.165, 1.54) is 23.9 Å². The fourth-order valence-electron chi connectivity index (χ4n) is 3.20. The van der Waals surface area contributed by atoms with Gasteiger partial charge >= 0.3 is 0 Å². The maximum Gasteiger partial charge on any atom is 0.230 e. The van der Waals surface area contributed by atoms with E-state index in [4.69, 9.17) is 4.74 Å². The van der Waals surface area contributed by atoms with Crippen molar-refractivity contribution in [3.63, 3.8) is 0 Å². The zero-order chi connectivity index (χ0) is 23.2. The molecule has 4 aromatic rings. The van der Waals surface area contributed by atoms with Crippen LogP contribution in [0.3, 0.4) is 0 Å². The van der Waals surface area contributed by atoms with Crippen molar-refractivity contribution >= 4 is 17.7 Å². The third-order valence-electron chi connectivity index (χ3n) is 5.01. The number of methoxy groups -OCH3 is 1. The van der Waals surface area contributed by atoms with Gasteiger partial charge in [-0.2, -0.15) is 0 Å². The number of nitrogens with one attached hydrogen (secondary N) is 1. The number of benzene rings is 3. The summed E-state index contributed by atoms with van der Waals surface area (Å²) >= 11 is 1.31. The van der Waals surface area contributed by atoms with Crippen molar-refractivity contribution in [2.45, 2.75) is 18.6 Å². The zero-order valence-electron chi connectivity index (χ0n) is 18.3. The Morgan fingerprint density at radius 2 is 1.70 bits per heavy atom. The van der Waals surface area contributed by atoms with Crippen LogP contribution >= 0.6 is 11.8 Å². The minimum atomic E-state index is -0.302. The molecular formula is C25H23FN4O2S. The quantitative estimate of drug-likeness (QED) is 0.381. The molecule has 6 nitrogen and oxygen atoms in total. The lowest BCUT2D eigenvalue weighted by atomic mass is 10.2. The van der Waals surface area contributed by atoms with Gasteiger partial charge in [0.15, 0.2) is 11.0 Å². The van der Waals surface area contributed by atoms with E-state index in [2.05, 4.69) is 15.5 Å². The van der Waals surface area contributed by atoms with Crippen LogP contribution in [0.1, 0.15) is 11.1 Å². The number of rotatable bonds is 8. The Balaban J connectivity index is 1.53. The first-order valence-corrected chi connectivity index (χ1v) is 11.3. The second-order valence-corrected chi connectivity index (χ2v) is 8.34. The Hall–Kier alpha value is -3.65. The van der Waals surface area contributed by atoms with Crippen LogP contribution in [0, 0.1) is 12.7 Å². The Labute approximate surface area is 195 Å². The normalized spacial score (nSPS) is 10.8. The predicted molar refractivity (Wildman–Crippen MR) is 127 cm³/mol. The summed E-state index contributed by atoms with van der Waals surface area (Å²) in [5.74, 6) is 1.16. The first-order chi connectivity index (χ1) is 16.0. The number of hydrogen-bond donors (Lipinski definition) is 1. The molecular weight excluding hydrogens is 439 g/mol. The average Bonchev–Trinajstić information content (AvgIpc) is 3.27. The van der Waals surface area contributed by atoms with Crippen molar-refractivity contribution in [2.75, 3.05) is 12.9 Å². The van der Waals surface area contributed by atoms with E-state index >= 15 is 0 Å². The zero-order valence-corrected chi connectivity index (χ0v) is 19.1. The molecule has 8 heteroatoms. The van der Waals surface area contributed by atoms with Gasteiger partial charge in [-0.3, -0.25) is 9.36 Å². The molecule has 4 rings (SSSR count). The predicted octanol–water partition coefficient (Wildman–Crippen LogP) is 4.80. The third-order valence-corrected chi connectivity index (χ3v) is 5.94. The molecule has 0 spiro atoms. The third kappa shape index (κ3) is 5.59. The Bertz CT molecular complexity index is 1220. The summed E-state index contributed by atoms with van der Waals surface area (Å²) in [5, 5.41) is 12.2. The number of thioether (sulfide) groups is 1. The first-order valence-electron chi connectivity index (χ1n) is 10.3. The maximum absolute atomic E-state index is 13.0. The molecule has 1 amide bonds. The summed E-state index contributed by atoms with van der Waals surface area (Å²) in [6, 6.07) is 21.7. The van der Waals surface area contributed by atoms with Crippen molar-refractivity contribution in [1.29, 1.82) is 0 Å². The summed E-state index contributed by atoms with van der Waals surface area (Å²) in [5.41, 5.74) is 3.77. The van der Waals surface area contributed by atoms with Gasteiger partial charge in [0.05, 0.1) is 12.9 Å². The van der Waals surface area contributed by atoms with Crippen molar-refractivity contribution in [1.82, 2.24) is 20.1 Å². The van der Waals surface area contributed by atoms with Crippen LogP contribution < -0.4 is 10.1 Å². The highest BCUT2D eigenvalue weighted by Crippen LogP contribution is 2.29. The van der Waals surface area contributed by atoms with E-state index in [0.29, 0.717) is 17.5 Å². The number of ether oxygens (including phenoxy) is 1. The smallest absolute Gasteiger partial charge is 0.230 e. The van der Waals surface area contributed by atoms with Crippen molar-refractivity contribution in [3.8, 4) is 22.8 Å². The van der Waals surface area contributed by atoms with E-state index < -0.39 is 0 Å². The van der Waals surface area contributed by atoms with Crippen LogP contribution in [0.2, 0.25) is 0 Å². The van der Waals surface area contributed by atoms with Gasteiger partial charge in [-0.25, -0.2) is 4.39 Å². The van der Waals surface area contributed by atoms with Gasteiger partial charge in [-0.1, -0.05) is 41.6 Å². The summed E-state index contributed by atoms with van der Waals surface area (Å²) in [6.07, 6.45) is 0. The highest BCUT2D eigenvalue weighted by Gasteiger charge is 2.17. The highest BCUT2D eigenvalue weighted by atomic mass is 32.2. The fourth-order valence-corrected chi connectivity index (χ4v) is 3.98. The van der Waals surface area contributed by atoms with Crippen LogP contribution in [0.15, 0.2) is 78.0 Å². The average molecular weight is 463 g/mol. The molecule has 0 saturated carbocycles. The lowest BCUT2D eigenvalue weighted by Gasteiger charge is -2.11. The molecule has 1 N–H and O–H groups in total. The van der Waals surface area contributed by atoms with Crippen molar-refractivity contribution in [3.05, 3.63) is 89.7 Å². The minimum absolute atomic E-state index is 0.145. The van der Waals surface area contributed by atoms with E-state index in [-0.39, 0.29) is 17.5 Å². The topological polar surface area (TPSA) is 69.0 Å². The molecule has 0 radical (unpaired) electrons. The van der Waals surface area contributed by atoms with Gasteiger partial charge in [-0.15, -0.1) is 10.2 Å². The number of amides is 1. The molecule has 0 unspecified atom stereocenters. The molecule has 168 valence electrons. The van der Waals surface area contributed by atoms with Crippen molar-refractivity contribution in [2.24, 2.45) is 0 Å². The molecule has 0 aliphatic rings.